The minimum Gasteiger partial charge on any atom is -0.490 e. The largest absolute Gasteiger partial charge is 0.490 e. The Bertz CT molecular complexity index is 6700. The van der Waals surface area contributed by atoms with E-state index in [1.165, 1.54) is 40.5 Å². The molecule has 9 aromatic carbocycles. The predicted octanol–water partition coefficient (Wildman–Crippen LogP) is 19.9. The number of imide groups is 1. The number of nitrogens with two attached hydrogens (primary N) is 3. The van der Waals surface area contributed by atoms with E-state index in [9.17, 15) is 53.8 Å². The van der Waals surface area contributed by atoms with Crippen LogP contribution in [-0.4, -0.2) is 157 Å². The van der Waals surface area contributed by atoms with Crippen molar-refractivity contribution in [3.63, 3.8) is 0 Å². The van der Waals surface area contributed by atoms with Gasteiger partial charge in [-0.25, -0.2) is 28.8 Å². The number of rotatable bonds is 13. The van der Waals surface area contributed by atoms with Gasteiger partial charge in [0.1, 0.15) is 64.9 Å². The summed E-state index contributed by atoms with van der Waals surface area (Å²) in [6, 6.07) is 53.9. The number of hydrogen-bond donors (Lipinski definition) is 9. The van der Waals surface area contributed by atoms with Crippen molar-refractivity contribution in [3.8, 4) is 34.7 Å². The van der Waals surface area contributed by atoms with E-state index < -0.39 is 54.1 Å². The number of halogens is 7. The van der Waals surface area contributed by atoms with Gasteiger partial charge in [-0.1, -0.05) is 241 Å². The van der Waals surface area contributed by atoms with Gasteiger partial charge in [-0.05, 0) is 272 Å². The molecule has 0 saturated carbocycles. The van der Waals surface area contributed by atoms with Crippen molar-refractivity contribution >= 4 is 168 Å². The van der Waals surface area contributed by atoms with Crippen LogP contribution in [0.25, 0.3) is 22.8 Å². The van der Waals surface area contributed by atoms with Crippen molar-refractivity contribution < 1.29 is 86.3 Å². The number of carboxylic acids is 1. The number of aliphatic hydroxyl groups excluding tert-OH is 2. The molecule has 4 fully saturated rings. The van der Waals surface area contributed by atoms with Crippen LogP contribution in [-0.2, 0) is 128 Å². The number of aromatic nitrogens is 2. The summed E-state index contributed by atoms with van der Waals surface area (Å²) in [6.07, 6.45) is 11.6. The van der Waals surface area contributed by atoms with Gasteiger partial charge in [0.05, 0.1) is 44.1 Å². The number of aliphatic carboxylic acids is 1. The lowest BCUT2D eigenvalue weighted by atomic mass is 9.90. The zero-order valence-electron chi connectivity index (χ0n) is 80.2. The predicted molar refractivity (Wildman–Crippen MR) is 564 cm³/mol. The lowest BCUT2D eigenvalue weighted by Gasteiger charge is -2.38. The third-order valence-electron chi connectivity index (χ3n) is 29.4. The molecule has 22 rings (SSSR count). The number of aliphatic hydroxyl groups is 2. The third-order valence-corrected chi connectivity index (χ3v) is 39.2. The number of carbonyl (C=O) groups excluding carboxylic acids is 7. The highest BCUT2D eigenvalue weighted by molar-refractivity contribution is 9.11. The quantitative estimate of drug-likeness (QED) is 0.0224. The van der Waals surface area contributed by atoms with Gasteiger partial charge < -0.3 is 75.8 Å². The van der Waals surface area contributed by atoms with Crippen molar-refractivity contribution in [1.29, 1.82) is 5.26 Å². The Kier molecular flexibility index (Phi) is 32.8. The molecule has 143 heavy (non-hydrogen) atoms. The van der Waals surface area contributed by atoms with E-state index in [0.29, 0.717) is 93.5 Å². The van der Waals surface area contributed by atoms with Crippen LogP contribution in [0.4, 0.5) is 19.2 Å². The zero-order valence-corrected chi connectivity index (χ0v) is 92.3. The molecule has 5 heterocycles. The first-order valence-electron chi connectivity index (χ1n) is 47.2. The number of esters is 1. The lowest BCUT2D eigenvalue weighted by Crippen LogP contribution is -2.47. The number of fused-ring (bicyclic) bond motifs is 12. The summed E-state index contributed by atoms with van der Waals surface area (Å²) in [5.74, 6) is -0.0321. The second-order valence-electron chi connectivity index (χ2n) is 39.0. The number of ether oxygens (including phenoxy) is 5. The van der Waals surface area contributed by atoms with Gasteiger partial charge in [-0.2, -0.15) is 10.2 Å². The van der Waals surface area contributed by atoms with Crippen LogP contribution < -0.4 is 37.9 Å². The molecule has 7 atom stereocenters. The number of amides is 6. The molecule has 1 aromatic heterocycles. The molecule has 4 spiro atoms. The molecular weight excluding hydrogens is 2300 g/mol. The highest BCUT2D eigenvalue weighted by Gasteiger charge is 2.57. The number of hydrogen-bond acceptors (Lipinski definition) is 23. The van der Waals surface area contributed by atoms with E-state index in [2.05, 4.69) is 196 Å². The van der Waals surface area contributed by atoms with Gasteiger partial charge in [0.15, 0.2) is 14.1 Å². The smallest absolute Gasteiger partial charge is 0.410 e. The summed E-state index contributed by atoms with van der Waals surface area (Å²) in [4.78, 5) is 101. The molecule has 4 aliphatic heterocycles. The number of ketones is 1. The van der Waals surface area contributed by atoms with Crippen LogP contribution in [0.15, 0.2) is 200 Å². The van der Waals surface area contributed by atoms with E-state index in [4.69, 9.17) is 54.9 Å². The maximum Gasteiger partial charge on any atom is 0.410 e. The third kappa shape index (κ3) is 21.2. The number of β-amino-alcohol motifs (C(OH)–C–C–N with tert-alkyl or cyclic N) is 1. The molecule has 0 radical (unpaired) electrons. The summed E-state index contributed by atoms with van der Waals surface area (Å²) in [5.41, 5.74) is 32.4. The topological polar surface area (TPSA) is 436 Å². The second kappa shape index (κ2) is 43.6. The SMILES string of the molecule is CC(C)(C)[Si](C)(C)OCCN1C(=O)OCC12CCc1c(Br)cccc12.CC(C)Oc1ccc(-c2nc(-c3cccc4c3CCC43COC(=O)N3CCO)no2)cc1C#N.COC(=O)C1(N)CCc2c(Br)cccc21.NC1(C(=O)O)CCc2c(Br)cccc21.NC1(CO)CCc2c(Br)cccc21.O=C1CCc2c(Br)cccc21.O=C1NC(=O)C2(CCc3c(Br)cccc32)N1.O=C1NC2(CCc3c(Br)cccc32)CO1. The van der Waals surface area contributed by atoms with Crippen LogP contribution in [0.2, 0.25) is 18.1 Å². The Labute approximate surface area is 889 Å². The van der Waals surface area contributed by atoms with Crippen molar-refractivity contribution in [3.05, 3.63) is 290 Å². The maximum absolute atomic E-state index is 12.4. The van der Waals surface area contributed by atoms with Gasteiger partial charge in [-0.15, -0.1) is 0 Å². The normalized spacial score (nSPS) is 22.9. The average molecular weight is 2420 g/mol. The van der Waals surface area contributed by atoms with E-state index >= 15 is 0 Å². The Hall–Kier alpha value is -9.89. The monoisotopic (exact) mass is 2410 g/mol. The van der Waals surface area contributed by atoms with Gasteiger partial charge in [0.25, 0.3) is 11.8 Å². The van der Waals surface area contributed by atoms with Gasteiger partial charge in [0, 0.05) is 67.5 Å². The summed E-state index contributed by atoms with van der Waals surface area (Å²) in [5, 5.41) is 49.6. The number of carboxylic acid groups (broad SMARTS) is 1. The molecule has 37 heteroatoms. The first-order chi connectivity index (χ1) is 68.0. The number of nitrogens with one attached hydrogen (secondary N) is 3. The van der Waals surface area contributed by atoms with E-state index in [1.54, 1.807) is 29.2 Å². The zero-order chi connectivity index (χ0) is 103. The highest BCUT2D eigenvalue weighted by Crippen LogP contribution is 2.52. The average Bonchev–Trinajstić information content (AvgIpc) is 1.59. The summed E-state index contributed by atoms with van der Waals surface area (Å²) >= 11 is 24.4. The summed E-state index contributed by atoms with van der Waals surface area (Å²) in [7, 11) is -0.449. The minimum atomic E-state index is -1.82. The van der Waals surface area contributed by atoms with E-state index in [-0.39, 0.29) is 78.4 Å². The second-order valence-corrected chi connectivity index (χ2v) is 49.8. The molecule has 4 saturated heterocycles. The van der Waals surface area contributed by atoms with Crippen molar-refractivity contribution in [2.75, 3.05) is 59.8 Å². The molecule has 7 unspecified atom stereocenters. The Morgan fingerprint density at radius 1 is 0.538 bits per heavy atom. The lowest BCUT2D eigenvalue weighted by molar-refractivity contribution is -0.147. The fourth-order valence-corrected chi connectivity index (χ4v) is 25.8. The summed E-state index contributed by atoms with van der Waals surface area (Å²) in [6.45, 7) is 17.4. The minimum absolute atomic E-state index is 0.0243. The fraction of sp³-hybridized carbons (Fsp3) is 0.387. The number of methoxy groups -OCH3 is 1. The Morgan fingerprint density at radius 3 is 1.54 bits per heavy atom. The van der Waals surface area contributed by atoms with Crippen LogP contribution in [0.1, 0.15) is 185 Å². The molecule has 6 amide bonds. The number of cyclic esters (lactones) is 3. The van der Waals surface area contributed by atoms with Gasteiger partial charge in [0.2, 0.25) is 5.82 Å². The maximum atomic E-state index is 12.4. The van der Waals surface area contributed by atoms with Crippen LogP contribution in [0, 0.1) is 11.3 Å². The number of urea groups is 1. The fourth-order valence-electron chi connectivity index (χ4n) is 20.8. The molecule has 752 valence electrons. The Balaban J connectivity index is 0.000000127. The molecule has 8 aliphatic carbocycles. The van der Waals surface area contributed by atoms with Gasteiger partial charge in [-0.3, -0.25) is 24.7 Å². The molecule has 29 nitrogen and oxygen atoms in total. The molecule has 0 bridgehead atoms. The Morgan fingerprint density at radius 2 is 1.01 bits per heavy atom. The van der Waals surface area contributed by atoms with Crippen molar-refractivity contribution in [2.24, 2.45) is 17.2 Å². The molecule has 12 aliphatic rings. The number of benzene rings is 9. The first kappa shape index (κ1) is 107. The van der Waals surface area contributed by atoms with E-state index in [0.717, 1.165) is 157 Å². The van der Waals surface area contributed by atoms with Crippen molar-refractivity contribution in [1.82, 2.24) is 35.9 Å². The number of alkyl carbamates (subject to hydrolysis) is 1. The van der Waals surface area contributed by atoms with Gasteiger partial charge >= 0.3 is 36.2 Å². The molecule has 12 N–H and O–H groups in total. The number of nitriles is 1. The highest BCUT2D eigenvalue weighted by atomic mass is 79.9. The van der Waals surface area contributed by atoms with Crippen LogP contribution in [0.3, 0.4) is 0 Å². The van der Waals surface area contributed by atoms with Crippen LogP contribution in [0.5, 0.6) is 5.75 Å². The first-order valence-corrected chi connectivity index (χ1v) is 55.6. The number of carbonyl (C=O) groups is 8. The number of nitrogens with zero attached hydrogens (tertiary/aromatic N) is 5. The van der Waals surface area contributed by atoms with E-state index in [1.807, 2.05) is 140 Å². The molecule has 10 aromatic rings. The number of Topliss-reactive ketones (excluding diaryl/α,β-unsaturated/α-hetero) is 1. The van der Waals surface area contributed by atoms with Crippen LogP contribution >= 0.6 is 112 Å². The van der Waals surface area contributed by atoms with Crippen molar-refractivity contribution in [2.45, 2.75) is 200 Å². The standard InChI is InChI=1S/C25H24N4O5.C19H28BrNO3Si.C11H9BrN2O2.C11H10BrNO2.C11H12BrNO2.C10H10BrNO2.C10H12BrNO.C9H7BrO/c1-15(2)33-21-7-6-16(12-17(21)13-26)23-27-22(28-34-23)19-4-3-5-20-18(19)8-9-25(20)14-32-24(31)29(25)10-11-30;1-18(2,3)25(4,5)24-12-11-21-17(22)23-13-19(21)10-9-14-15(19)7-6-8-16(14)20;12-8-3-1-2-7-6(8)4-5-11(7)9(15)13-10(16)14-11;12-9-3-1-2-8-7(9)4-5-11(8)6-15-10(14)13-11;1-15-10(14)11(13)6-5-7-8(11)3-2-4-9(7)12;11-8-3-1-2-7-6(8)4-5-10(7,12)9(13)14;11-9-3-1-2-8-7(9)4-5-10(8,12)6-13;10-8-3-1-2-7-6(8)4-5-9(7)11/h3-7,12,15,30H,8-11,14H2,1-2H3;6-8H,9-13H2,1-5H3;1-3H,4-5H2,(H2,13,14,15,16);1-3H,4-6H2,(H,13,14);2-4H,5-6,13H2,1H3;1-3H,4-5,12H2,(H,13,14);1-3,13H,4-6,12H2;1-3H,4-5H2. The molecular formula is C106H112Br7N11O18Si. The summed E-state index contributed by atoms with van der Waals surface area (Å²) < 4.78 is 45.5.